The number of anilines is 1. The molecule has 0 aliphatic carbocycles. The number of imidazole rings is 1. The lowest BCUT2D eigenvalue weighted by Crippen LogP contribution is -2.26. The molecule has 24 heavy (non-hydrogen) atoms. The molecule has 0 amide bonds. The maximum atomic E-state index is 10.1. The van der Waals surface area contributed by atoms with E-state index in [1.54, 1.807) is 12.1 Å². The number of pyridine rings is 1. The molecule has 124 valence electrons. The van der Waals surface area contributed by atoms with Crippen LogP contribution in [-0.2, 0) is 7.05 Å². The van der Waals surface area contributed by atoms with Gasteiger partial charge in [-0.1, -0.05) is 11.6 Å². The Morgan fingerprint density at radius 1 is 1.25 bits per heavy atom. The van der Waals surface area contributed by atoms with Crippen LogP contribution in [0.15, 0.2) is 30.5 Å². The van der Waals surface area contributed by atoms with Gasteiger partial charge in [-0.3, -0.25) is 0 Å². The Hall–Kier alpha value is -2.27. The highest BCUT2D eigenvalue weighted by atomic mass is 35.5. The van der Waals surface area contributed by atoms with Gasteiger partial charge in [0.15, 0.2) is 0 Å². The van der Waals surface area contributed by atoms with Gasteiger partial charge in [-0.2, -0.15) is 0 Å². The minimum atomic E-state index is 0.172. The number of benzene rings is 1. The zero-order chi connectivity index (χ0) is 16.8. The van der Waals surface area contributed by atoms with Crippen molar-refractivity contribution in [2.75, 3.05) is 11.4 Å². The molecule has 1 aliphatic heterocycles. The molecule has 3 aromatic rings. The van der Waals surface area contributed by atoms with Gasteiger partial charge in [0.1, 0.15) is 28.4 Å². The molecule has 1 unspecified atom stereocenters. The van der Waals surface area contributed by atoms with Crippen LogP contribution in [0.2, 0.25) is 5.02 Å². The maximum Gasteiger partial charge on any atom is 0.142 e. The topological polar surface area (TPSA) is 54.2 Å². The van der Waals surface area contributed by atoms with Crippen molar-refractivity contribution < 1.29 is 5.11 Å². The number of rotatable bonds is 2. The van der Waals surface area contributed by atoms with Gasteiger partial charge in [0.25, 0.3) is 0 Å². The molecule has 5 nitrogen and oxygen atoms in total. The lowest BCUT2D eigenvalue weighted by molar-refractivity contribution is 0.479. The molecule has 1 N–H and O–H groups in total. The van der Waals surface area contributed by atoms with Crippen LogP contribution in [0.4, 0.5) is 5.82 Å². The monoisotopic (exact) mass is 342 g/mol. The summed E-state index contributed by atoms with van der Waals surface area (Å²) in [6.45, 7) is 3.29. The first kappa shape index (κ1) is 15.3. The molecule has 1 saturated heterocycles. The van der Waals surface area contributed by atoms with Crippen LogP contribution in [0.5, 0.6) is 5.75 Å². The summed E-state index contributed by atoms with van der Waals surface area (Å²) in [5.41, 5.74) is 2.14. The SMILES string of the molecule is CC1CCCN1c1ccc(-c2nc3c(Cl)ccc(O)c3n2C)cn1. The van der Waals surface area contributed by atoms with E-state index in [0.717, 1.165) is 23.8 Å². The van der Waals surface area contributed by atoms with Crippen LogP contribution in [-0.4, -0.2) is 32.2 Å². The van der Waals surface area contributed by atoms with E-state index in [-0.39, 0.29) is 5.75 Å². The van der Waals surface area contributed by atoms with Crippen LogP contribution < -0.4 is 4.90 Å². The average Bonchev–Trinajstić information content (AvgIpc) is 3.16. The van der Waals surface area contributed by atoms with Crippen LogP contribution >= 0.6 is 11.6 Å². The molecule has 4 rings (SSSR count). The Morgan fingerprint density at radius 2 is 2.08 bits per heavy atom. The predicted molar refractivity (Wildman–Crippen MR) is 96.7 cm³/mol. The van der Waals surface area contributed by atoms with Gasteiger partial charge in [0.2, 0.25) is 0 Å². The highest BCUT2D eigenvalue weighted by molar-refractivity contribution is 6.35. The van der Waals surface area contributed by atoms with Gasteiger partial charge < -0.3 is 14.6 Å². The number of aromatic hydroxyl groups is 1. The second-order valence-electron chi connectivity index (χ2n) is 6.35. The number of phenolic OH excluding ortho intramolecular Hbond substituents is 1. The summed E-state index contributed by atoms with van der Waals surface area (Å²) in [6.07, 6.45) is 4.27. The minimum absolute atomic E-state index is 0.172. The van der Waals surface area contributed by atoms with E-state index in [9.17, 15) is 5.11 Å². The summed E-state index contributed by atoms with van der Waals surface area (Å²) < 4.78 is 1.85. The van der Waals surface area contributed by atoms with Crippen LogP contribution in [0.1, 0.15) is 19.8 Å². The van der Waals surface area contributed by atoms with Crippen molar-refractivity contribution in [1.82, 2.24) is 14.5 Å². The highest BCUT2D eigenvalue weighted by Crippen LogP contribution is 2.34. The molecule has 3 heterocycles. The third kappa shape index (κ3) is 2.31. The van der Waals surface area contributed by atoms with Crippen molar-refractivity contribution in [3.8, 4) is 17.1 Å². The highest BCUT2D eigenvalue weighted by Gasteiger charge is 2.22. The molecular weight excluding hydrogens is 324 g/mol. The van der Waals surface area contributed by atoms with Crippen LogP contribution in [0, 0.1) is 0 Å². The van der Waals surface area contributed by atoms with E-state index in [4.69, 9.17) is 11.6 Å². The zero-order valence-electron chi connectivity index (χ0n) is 13.7. The summed E-state index contributed by atoms with van der Waals surface area (Å²) in [6, 6.07) is 7.85. The fraction of sp³-hybridized carbons (Fsp3) is 0.333. The lowest BCUT2D eigenvalue weighted by Gasteiger charge is -2.22. The Bertz CT molecular complexity index is 904. The fourth-order valence-electron chi connectivity index (χ4n) is 3.49. The quantitative estimate of drug-likeness (QED) is 0.765. The van der Waals surface area contributed by atoms with Gasteiger partial charge in [-0.25, -0.2) is 9.97 Å². The summed E-state index contributed by atoms with van der Waals surface area (Å²) >= 11 is 6.22. The van der Waals surface area contributed by atoms with Gasteiger partial charge in [0, 0.05) is 31.4 Å². The number of aromatic nitrogens is 3. The molecule has 6 heteroatoms. The smallest absolute Gasteiger partial charge is 0.142 e. The van der Waals surface area contributed by atoms with Crippen LogP contribution in [0.25, 0.3) is 22.4 Å². The number of aryl methyl sites for hydroxylation is 1. The predicted octanol–water partition coefficient (Wildman–Crippen LogP) is 3.98. The fourth-order valence-corrected chi connectivity index (χ4v) is 3.68. The lowest BCUT2D eigenvalue weighted by atomic mass is 10.2. The van der Waals surface area contributed by atoms with E-state index in [0.29, 0.717) is 22.1 Å². The molecule has 0 spiro atoms. The number of hydrogen-bond acceptors (Lipinski definition) is 4. The Kier molecular flexibility index (Phi) is 3.61. The molecule has 0 radical (unpaired) electrons. The molecule has 0 bridgehead atoms. The maximum absolute atomic E-state index is 10.1. The molecule has 1 aromatic carbocycles. The summed E-state index contributed by atoms with van der Waals surface area (Å²) in [5, 5.41) is 10.6. The van der Waals surface area contributed by atoms with E-state index in [1.165, 1.54) is 12.8 Å². The third-order valence-electron chi connectivity index (χ3n) is 4.80. The summed E-state index contributed by atoms with van der Waals surface area (Å²) in [5.74, 6) is 1.91. The number of nitrogens with zero attached hydrogens (tertiary/aromatic N) is 4. The largest absolute Gasteiger partial charge is 0.506 e. The van der Waals surface area contributed by atoms with E-state index < -0.39 is 0 Å². The molecular formula is C18H19ClN4O. The minimum Gasteiger partial charge on any atom is -0.506 e. The summed E-state index contributed by atoms with van der Waals surface area (Å²) in [7, 11) is 1.87. The van der Waals surface area contributed by atoms with Crippen molar-refractivity contribution in [3.63, 3.8) is 0 Å². The summed E-state index contributed by atoms with van der Waals surface area (Å²) in [4.78, 5) is 11.6. The first-order chi connectivity index (χ1) is 11.6. The third-order valence-corrected chi connectivity index (χ3v) is 5.11. The Morgan fingerprint density at radius 3 is 2.71 bits per heavy atom. The first-order valence-corrected chi connectivity index (χ1v) is 8.51. The average molecular weight is 343 g/mol. The van der Waals surface area contributed by atoms with E-state index in [2.05, 4.69) is 21.8 Å². The molecule has 2 aromatic heterocycles. The van der Waals surface area contributed by atoms with E-state index >= 15 is 0 Å². The number of phenols is 1. The van der Waals surface area contributed by atoms with Gasteiger partial charge >= 0.3 is 0 Å². The van der Waals surface area contributed by atoms with Crippen LogP contribution in [0.3, 0.4) is 0 Å². The van der Waals surface area contributed by atoms with Crippen molar-refractivity contribution in [1.29, 1.82) is 0 Å². The first-order valence-electron chi connectivity index (χ1n) is 8.13. The van der Waals surface area contributed by atoms with Crippen molar-refractivity contribution in [2.24, 2.45) is 7.05 Å². The van der Waals surface area contributed by atoms with Crippen molar-refractivity contribution in [2.45, 2.75) is 25.8 Å². The normalized spacial score (nSPS) is 17.8. The van der Waals surface area contributed by atoms with Gasteiger partial charge in [-0.15, -0.1) is 0 Å². The molecule has 0 saturated carbocycles. The number of fused-ring (bicyclic) bond motifs is 1. The molecule has 1 atom stereocenters. The number of hydrogen-bond donors (Lipinski definition) is 1. The van der Waals surface area contributed by atoms with Gasteiger partial charge in [-0.05, 0) is 44.0 Å². The Balaban J connectivity index is 1.76. The van der Waals surface area contributed by atoms with Crippen molar-refractivity contribution in [3.05, 3.63) is 35.5 Å². The van der Waals surface area contributed by atoms with Crippen molar-refractivity contribution >= 4 is 28.5 Å². The molecule has 1 fully saturated rings. The number of halogens is 1. The zero-order valence-corrected chi connectivity index (χ0v) is 14.5. The second kappa shape index (κ2) is 5.67. The second-order valence-corrected chi connectivity index (χ2v) is 6.76. The molecule has 1 aliphatic rings. The standard InChI is InChI=1S/C18H19ClN4O/c1-11-4-3-9-23(11)15-8-5-12(10-20-15)18-21-16-13(19)6-7-14(24)17(16)22(18)2/h5-8,10-11,24H,3-4,9H2,1-2H3. The van der Waals surface area contributed by atoms with E-state index in [1.807, 2.05) is 29.9 Å². The Labute approximate surface area is 145 Å². The van der Waals surface area contributed by atoms with Gasteiger partial charge in [0.05, 0.1) is 5.02 Å².